The third kappa shape index (κ3) is 3.75. The summed E-state index contributed by atoms with van der Waals surface area (Å²) in [5.74, 6) is -1.08. The molecule has 1 rings (SSSR count). The van der Waals surface area contributed by atoms with E-state index in [0.29, 0.717) is 18.5 Å². The van der Waals surface area contributed by atoms with E-state index in [4.69, 9.17) is 5.11 Å². The molecule has 17 heavy (non-hydrogen) atoms. The van der Waals surface area contributed by atoms with Crippen molar-refractivity contribution < 1.29 is 14.7 Å². The van der Waals surface area contributed by atoms with Crippen molar-refractivity contribution in [3.63, 3.8) is 0 Å². The highest BCUT2D eigenvalue weighted by atomic mass is 16.4. The van der Waals surface area contributed by atoms with Gasteiger partial charge in [0.05, 0.1) is 5.56 Å². The molecule has 0 aliphatic heterocycles. The van der Waals surface area contributed by atoms with Crippen LogP contribution in [0.25, 0.3) is 0 Å². The molecule has 1 aromatic carbocycles. The van der Waals surface area contributed by atoms with E-state index >= 15 is 0 Å². The van der Waals surface area contributed by atoms with Gasteiger partial charge in [0.1, 0.15) is 0 Å². The van der Waals surface area contributed by atoms with Crippen LogP contribution in [0.4, 0.5) is 5.69 Å². The topological polar surface area (TPSA) is 66.4 Å². The lowest BCUT2D eigenvalue weighted by molar-refractivity contribution is -0.116. The lowest BCUT2D eigenvalue weighted by Gasteiger charge is -2.08. The Hall–Kier alpha value is -2.10. The quantitative estimate of drug-likeness (QED) is 0.768. The standard InChI is InChI=1S/C13H15NO3/c1-3-4-5-12(15)14-11-7-6-10(13(16)17)8-9(11)2/h3,6-8H,1,4-5H2,2H3,(H,14,15)(H,16,17). The molecule has 4 heteroatoms. The minimum absolute atomic E-state index is 0.101. The van der Waals surface area contributed by atoms with Gasteiger partial charge in [0.25, 0.3) is 0 Å². The maximum atomic E-state index is 11.5. The number of benzene rings is 1. The second kappa shape index (κ2) is 5.84. The minimum Gasteiger partial charge on any atom is -0.478 e. The normalized spacial score (nSPS) is 9.71. The van der Waals surface area contributed by atoms with Crippen LogP contribution in [-0.4, -0.2) is 17.0 Å². The molecule has 0 fully saturated rings. The molecule has 0 saturated carbocycles. The molecule has 0 unspecified atom stereocenters. The van der Waals surface area contributed by atoms with E-state index in [0.717, 1.165) is 5.56 Å². The van der Waals surface area contributed by atoms with Crippen molar-refractivity contribution in [2.75, 3.05) is 5.32 Å². The van der Waals surface area contributed by atoms with E-state index in [9.17, 15) is 9.59 Å². The van der Waals surface area contributed by atoms with Gasteiger partial charge in [-0.15, -0.1) is 6.58 Å². The molecule has 0 saturated heterocycles. The number of hydrogen-bond acceptors (Lipinski definition) is 2. The van der Waals surface area contributed by atoms with Gasteiger partial charge in [0.2, 0.25) is 5.91 Å². The van der Waals surface area contributed by atoms with Gasteiger partial charge < -0.3 is 10.4 Å². The maximum absolute atomic E-state index is 11.5. The summed E-state index contributed by atoms with van der Waals surface area (Å²) in [6.45, 7) is 5.30. The third-order valence-electron chi connectivity index (χ3n) is 2.32. The fourth-order valence-corrected chi connectivity index (χ4v) is 1.38. The number of anilines is 1. The van der Waals surface area contributed by atoms with Crippen LogP contribution in [-0.2, 0) is 4.79 Å². The monoisotopic (exact) mass is 233 g/mol. The predicted molar refractivity (Wildman–Crippen MR) is 66.2 cm³/mol. The fraction of sp³-hybridized carbons (Fsp3) is 0.231. The Labute approximate surface area is 100.0 Å². The van der Waals surface area contributed by atoms with Gasteiger partial charge in [0.15, 0.2) is 0 Å². The molecule has 4 nitrogen and oxygen atoms in total. The van der Waals surface area contributed by atoms with Crippen molar-refractivity contribution >= 4 is 17.6 Å². The van der Waals surface area contributed by atoms with Crippen LogP contribution >= 0.6 is 0 Å². The van der Waals surface area contributed by atoms with Crippen molar-refractivity contribution in [2.24, 2.45) is 0 Å². The van der Waals surface area contributed by atoms with E-state index in [-0.39, 0.29) is 11.5 Å². The zero-order valence-corrected chi connectivity index (χ0v) is 9.69. The second-order valence-corrected chi connectivity index (χ2v) is 3.71. The molecule has 0 radical (unpaired) electrons. The summed E-state index contributed by atoms with van der Waals surface area (Å²) in [5.41, 5.74) is 1.59. The van der Waals surface area contributed by atoms with E-state index in [1.807, 2.05) is 0 Å². The van der Waals surface area contributed by atoms with Gasteiger partial charge in [-0.3, -0.25) is 4.79 Å². The molecule has 1 aromatic rings. The van der Waals surface area contributed by atoms with Crippen LogP contribution in [0, 0.1) is 6.92 Å². The van der Waals surface area contributed by atoms with Crippen LogP contribution in [0.15, 0.2) is 30.9 Å². The van der Waals surface area contributed by atoms with Crippen molar-refractivity contribution in [2.45, 2.75) is 19.8 Å². The molecule has 0 atom stereocenters. The predicted octanol–water partition coefficient (Wildman–Crippen LogP) is 2.60. The van der Waals surface area contributed by atoms with E-state index < -0.39 is 5.97 Å². The van der Waals surface area contributed by atoms with Crippen LogP contribution in [0.1, 0.15) is 28.8 Å². The number of allylic oxidation sites excluding steroid dienone is 1. The summed E-state index contributed by atoms with van der Waals surface area (Å²) < 4.78 is 0. The Balaban J connectivity index is 2.75. The Morgan fingerprint density at radius 1 is 1.47 bits per heavy atom. The molecule has 90 valence electrons. The van der Waals surface area contributed by atoms with Gasteiger partial charge in [-0.25, -0.2) is 4.79 Å². The average Bonchev–Trinajstić information content (AvgIpc) is 2.28. The van der Waals surface area contributed by atoms with Crippen molar-refractivity contribution in [1.29, 1.82) is 0 Å². The van der Waals surface area contributed by atoms with Crippen molar-refractivity contribution in [3.8, 4) is 0 Å². The summed E-state index contributed by atoms with van der Waals surface area (Å²) in [6, 6.07) is 4.61. The number of aromatic carboxylic acids is 1. The Morgan fingerprint density at radius 2 is 2.18 bits per heavy atom. The van der Waals surface area contributed by atoms with Crippen molar-refractivity contribution in [3.05, 3.63) is 42.0 Å². The highest BCUT2D eigenvalue weighted by Crippen LogP contribution is 2.17. The molecule has 2 N–H and O–H groups in total. The first-order valence-electron chi connectivity index (χ1n) is 5.29. The molecule has 0 aliphatic carbocycles. The molecule has 1 amide bonds. The summed E-state index contributed by atoms with van der Waals surface area (Å²) in [6.07, 6.45) is 2.68. The first kappa shape index (κ1) is 13.0. The van der Waals surface area contributed by atoms with E-state index in [2.05, 4.69) is 11.9 Å². The number of hydrogen-bond donors (Lipinski definition) is 2. The van der Waals surface area contributed by atoms with Gasteiger partial charge in [-0.2, -0.15) is 0 Å². The van der Waals surface area contributed by atoms with Crippen LogP contribution in [0.5, 0.6) is 0 Å². The van der Waals surface area contributed by atoms with Crippen LogP contribution < -0.4 is 5.32 Å². The molecule has 0 bridgehead atoms. The van der Waals surface area contributed by atoms with Gasteiger partial charge in [-0.1, -0.05) is 6.08 Å². The first-order valence-corrected chi connectivity index (χ1v) is 5.29. The Kier molecular flexibility index (Phi) is 4.46. The zero-order valence-electron chi connectivity index (χ0n) is 9.69. The number of amides is 1. The second-order valence-electron chi connectivity index (χ2n) is 3.71. The van der Waals surface area contributed by atoms with Gasteiger partial charge in [0, 0.05) is 12.1 Å². The highest BCUT2D eigenvalue weighted by Gasteiger charge is 2.07. The number of carbonyl (C=O) groups is 2. The number of rotatable bonds is 5. The molecule has 0 heterocycles. The lowest BCUT2D eigenvalue weighted by Crippen LogP contribution is -2.12. The Morgan fingerprint density at radius 3 is 2.71 bits per heavy atom. The smallest absolute Gasteiger partial charge is 0.335 e. The number of aryl methyl sites for hydroxylation is 1. The molecular formula is C13H15NO3. The van der Waals surface area contributed by atoms with E-state index in [1.54, 1.807) is 19.1 Å². The molecule has 0 spiro atoms. The molecular weight excluding hydrogens is 218 g/mol. The molecule has 0 aliphatic rings. The number of carbonyl (C=O) groups excluding carboxylic acids is 1. The number of carboxylic acids is 1. The highest BCUT2D eigenvalue weighted by molar-refractivity contribution is 5.93. The zero-order chi connectivity index (χ0) is 12.8. The molecule has 0 aromatic heterocycles. The minimum atomic E-state index is -0.974. The first-order chi connectivity index (χ1) is 8.04. The summed E-state index contributed by atoms with van der Waals surface area (Å²) in [5, 5.41) is 11.5. The summed E-state index contributed by atoms with van der Waals surface area (Å²) in [4.78, 5) is 22.2. The number of nitrogens with one attached hydrogen (secondary N) is 1. The van der Waals surface area contributed by atoms with Gasteiger partial charge in [-0.05, 0) is 37.1 Å². The summed E-state index contributed by atoms with van der Waals surface area (Å²) in [7, 11) is 0. The lowest BCUT2D eigenvalue weighted by atomic mass is 10.1. The van der Waals surface area contributed by atoms with E-state index in [1.165, 1.54) is 12.1 Å². The average molecular weight is 233 g/mol. The largest absolute Gasteiger partial charge is 0.478 e. The Bertz CT molecular complexity index is 452. The summed E-state index contributed by atoms with van der Waals surface area (Å²) >= 11 is 0. The number of carboxylic acid groups (broad SMARTS) is 1. The van der Waals surface area contributed by atoms with Gasteiger partial charge >= 0.3 is 5.97 Å². The van der Waals surface area contributed by atoms with Crippen LogP contribution in [0.2, 0.25) is 0 Å². The fourth-order valence-electron chi connectivity index (χ4n) is 1.38. The maximum Gasteiger partial charge on any atom is 0.335 e. The third-order valence-corrected chi connectivity index (χ3v) is 2.32. The van der Waals surface area contributed by atoms with Crippen molar-refractivity contribution in [1.82, 2.24) is 0 Å². The van der Waals surface area contributed by atoms with Crippen LogP contribution in [0.3, 0.4) is 0 Å². The SMILES string of the molecule is C=CCCC(=O)Nc1ccc(C(=O)O)cc1C.